The van der Waals surface area contributed by atoms with Crippen LogP contribution < -0.4 is 29.6 Å². The molecule has 0 bridgehead atoms. The van der Waals surface area contributed by atoms with Gasteiger partial charge in [-0.15, -0.1) is 11.6 Å². The van der Waals surface area contributed by atoms with E-state index in [9.17, 15) is 17.6 Å². The van der Waals surface area contributed by atoms with Crippen LogP contribution >= 0.6 is 46.6 Å². The van der Waals surface area contributed by atoms with Gasteiger partial charge >= 0.3 is 40.3 Å². The van der Waals surface area contributed by atoms with Crippen molar-refractivity contribution in [3.63, 3.8) is 0 Å². The maximum absolute atomic E-state index is 12.6. The summed E-state index contributed by atoms with van der Waals surface area (Å²) in [4.78, 5) is 7.13. The van der Waals surface area contributed by atoms with Gasteiger partial charge in [0.2, 0.25) is 0 Å². The molecule has 0 spiro atoms. The van der Waals surface area contributed by atoms with Gasteiger partial charge < -0.3 is 12.6 Å². The minimum atomic E-state index is -3.41. The molecule has 0 amide bonds. The zero-order valence-electron chi connectivity index (χ0n) is 17.0. The van der Waals surface area contributed by atoms with Gasteiger partial charge in [0, 0.05) is 19.1 Å². The number of thioether (sulfide) groups is 1. The summed E-state index contributed by atoms with van der Waals surface area (Å²) in [5.41, 5.74) is 0.736. The van der Waals surface area contributed by atoms with E-state index in [1.54, 1.807) is 31.0 Å². The Labute approximate surface area is 237 Å². The van der Waals surface area contributed by atoms with Crippen molar-refractivity contribution in [1.82, 2.24) is 9.97 Å². The molecule has 2 heterocycles. The van der Waals surface area contributed by atoms with Crippen LogP contribution in [0.25, 0.3) is 0 Å². The van der Waals surface area contributed by atoms with Gasteiger partial charge in [-0.3, -0.25) is 9.97 Å². The fourth-order valence-corrected chi connectivity index (χ4v) is 2.52. The Morgan fingerprint density at radius 2 is 1.22 bits per heavy atom. The topological polar surface area (TPSA) is 25.8 Å². The smallest absolute Gasteiger partial charge is 0.796 e. The molecule has 2 aromatic rings. The van der Waals surface area contributed by atoms with Crippen LogP contribution in [0.2, 0.25) is 0 Å². The normalized spacial score (nSPS) is 12.1. The molecule has 0 aromatic carbocycles. The van der Waals surface area contributed by atoms with Gasteiger partial charge in [-0.05, 0) is 66.6 Å². The molecule has 2 unspecified atom stereocenters. The van der Waals surface area contributed by atoms with Gasteiger partial charge in [-0.2, -0.15) is 35.6 Å². The van der Waals surface area contributed by atoms with E-state index < -0.39 is 22.2 Å². The van der Waals surface area contributed by atoms with E-state index in [0.29, 0.717) is 5.56 Å². The van der Waals surface area contributed by atoms with Gasteiger partial charge in [0.25, 0.3) is 0 Å². The zero-order chi connectivity index (χ0) is 22.8. The molecule has 0 saturated heterocycles. The number of halogens is 7. The SMILES string of the molecule is C.C.CC(Cl)c1ccc(C(F)(F)Cl)nc1.CSC(C)c1ccc(C(F)(F)Cl)nc1.C[S-].[2HH].[Na+]. The Kier molecular flexibility index (Phi) is 23.5. The van der Waals surface area contributed by atoms with Crippen molar-refractivity contribution in [2.45, 2.75) is 50.1 Å². The molecule has 2 nitrogen and oxygen atoms in total. The fourth-order valence-electron chi connectivity index (χ4n) is 1.76. The summed E-state index contributed by atoms with van der Waals surface area (Å²) in [7, 11) is 0. The zero-order valence-corrected chi connectivity index (χ0v) is 22.9. The Morgan fingerprint density at radius 3 is 1.44 bits per heavy atom. The average molecular weight is 569 g/mol. The van der Waals surface area contributed by atoms with Crippen molar-refractivity contribution in [2.75, 3.05) is 12.5 Å². The van der Waals surface area contributed by atoms with Crippen LogP contribution in [-0.4, -0.2) is 22.5 Å². The molecule has 2 aromatic heterocycles. The number of hydrogen-bond acceptors (Lipinski definition) is 4. The van der Waals surface area contributed by atoms with Gasteiger partial charge in [-0.25, -0.2) is 0 Å². The molecule has 2 atom stereocenters. The maximum Gasteiger partial charge on any atom is 1.00 e. The predicted molar refractivity (Wildman–Crippen MR) is 133 cm³/mol. The summed E-state index contributed by atoms with van der Waals surface area (Å²) in [5, 5.41) is -6.78. The third-order valence-corrected chi connectivity index (χ3v) is 5.05. The van der Waals surface area contributed by atoms with Crippen molar-refractivity contribution < 1.29 is 48.5 Å². The van der Waals surface area contributed by atoms with Crippen LogP contribution in [0.5, 0.6) is 0 Å². The van der Waals surface area contributed by atoms with Crippen LogP contribution in [0.4, 0.5) is 17.6 Å². The van der Waals surface area contributed by atoms with Crippen LogP contribution in [0.1, 0.15) is 63.3 Å². The van der Waals surface area contributed by atoms with Crippen LogP contribution in [-0.2, 0) is 23.4 Å². The second-order valence-corrected chi connectivity index (χ2v) is 8.23. The summed E-state index contributed by atoms with van der Waals surface area (Å²) < 4.78 is 50.0. The van der Waals surface area contributed by atoms with Crippen molar-refractivity contribution >= 4 is 59.2 Å². The summed E-state index contributed by atoms with van der Waals surface area (Å²) in [6.45, 7) is 3.72. The van der Waals surface area contributed by atoms with E-state index in [0.717, 1.165) is 5.56 Å². The van der Waals surface area contributed by atoms with Crippen molar-refractivity contribution in [1.29, 1.82) is 0 Å². The first-order valence-corrected chi connectivity index (χ1v) is 11.3. The van der Waals surface area contributed by atoms with Gasteiger partial charge in [-0.1, -0.05) is 27.0 Å². The van der Waals surface area contributed by atoms with E-state index in [4.69, 9.17) is 34.8 Å². The number of rotatable bonds is 5. The number of alkyl halides is 7. The standard InChI is InChI=1S/C9H10ClF2NS.C8H7Cl2F2N.CH4S.2CH4.Na.H2/c1-6(14-2)7-3-4-8(13-5-7)9(10,11)12;1-5(9)6-2-3-7(13-4-6)8(10,11)12;1-2;;;;/h3-6H,1-2H3;2-5H,1H3;2H,1H3;2*1H4;;1H/q;;;;;+1;/p-1/i;;;;;;1+1. The van der Waals surface area contributed by atoms with E-state index >= 15 is 0 Å². The quantitative estimate of drug-likeness (QED) is 0.187. The first-order valence-electron chi connectivity index (χ1n) is 8.00. The number of nitrogens with zero attached hydrogens (tertiary/aromatic N) is 2. The largest absolute Gasteiger partial charge is 1.00 e. The molecular weight excluding hydrogens is 538 g/mol. The average Bonchev–Trinajstić information content (AvgIpc) is 2.68. The van der Waals surface area contributed by atoms with E-state index in [-0.39, 0.29) is 56.5 Å². The van der Waals surface area contributed by atoms with Crippen LogP contribution in [0.3, 0.4) is 0 Å². The molecule has 0 N–H and O–H groups in total. The van der Waals surface area contributed by atoms with Crippen molar-refractivity contribution in [3.8, 4) is 0 Å². The first-order chi connectivity index (χ1) is 13.4. The number of hydrogen-bond donors (Lipinski definition) is 0. The predicted octanol–water partition coefficient (Wildman–Crippen LogP) is 6.15. The molecule has 0 aliphatic rings. The van der Waals surface area contributed by atoms with E-state index in [1.165, 1.54) is 30.6 Å². The Balaban J connectivity index is -0.000000132. The van der Waals surface area contributed by atoms with Crippen LogP contribution in [0.15, 0.2) is 36.7 Å². The number of pyridine rings is 2. The molecule has 0 radical (unpaired) electrons. The molecule has 0 saturated carbocycles. The van der Waals surface area contributed by atoms with Gasteiger partial charge in [0.15, 0.2) is 0 Å². The van der Waals surface area contributed by atoms with Gasteiger partial charge in [0.1, 0.15) is 11.4 Å². The Bertz CT molecular complexity index is 721. The summed E-state index contributed by atoms with van der Waals surface area (Å²) in [5.74, 6) is 0. The molecule has 0 fully saturated rings. The van der Waals surface area contributed by atoms with Crippen LogP contribution in [0, 0.1) is 0 Å². The molecule has 12 heteroatoms. The van der Waals surface area contributed by atoms with E-state index in [1.807, 2.05) is 13.2 Å². The molecule has 182 valence electrons. The molecule has 0 aliphatic heterocycles. The fraction of sp³-hybridized carbons (Fsp3) is 0.500. The second-order valence-electron chi connectivity index (χ2n) is 5.44. The summed E-state index contributed by atoms with van der Waals surface area (Å²) >= 11 is 21.0. The summed E-state index contributed by atoms with van der Waals surface area (Å²) in [6.07, 6.45) is 6.27. The maximum atomic E-state index is 12.6. The first kappa shape index (κ1) is 39.8. The molecule has 2 rings (SSSR count). The third-order valence-electron chi connectivity index (χ3n) is 3.44. The number of aromatic nitrogens is 2. The molecular formula is C20H30Cl3F4N2NaS2. The summed E-state index contributed by atoms with van der Waals surface area (Å²) in [6, 6.07) is 5.53. The minimum absolute atomic E-state index is 0. The Morgan fingerprint density at radius 1 is 0.875 bits per heavy atom. The van der Waals surface area contributed by atoms with Gasteiger partial charge in [0.05, 0.1) is 5.38 Å². The molecule has 0 aliphatic carbocycles. The molecule has 32 heavy (non-hydrogen) atoms. The van der Waals surface area contributed by atoms with E-state index in [2.05, 4.69) is 22.6 Å². The third kappa shape index (κ3) is 14.8. The monoisotopic (exact) mass is 567 g/mol. The Hall–Kier alpha value is 0.590. The second kappa shape index (κ2) is 18.9. The minimum Gasteiger partial charge on any atom is -0.796 e. The van der Waals surface area contributed by atoms with Crippen molar-refractivity contribution in [2.24, 2.45) is 0 Å². The van der Waals surface area contributed by atoms with Crippen molar-refractivity contribution in [3.05, 3.63) is 59.2 Å².